The van der Waals surface area contributed by atoms with Crippen LogP contribution in [0.25, 0.3) is 0 Å². The average molecular weight is 291 g/mol. The molecule has 2 aromatic heterocycles. The summed E-state index contributed by atoms with van der Waals surface area (Å²) in [5.41, 5.74) is 1.97. The van der Waals surface area contributed by atoms with E-state index in [4.69, 9.17) is 9.47 Å². The van der Waals surface area contributed by atoms with Gasteiger partial charge in [-0.2, -0.15) is 10.2 Å². The van der Waals surface area contributed by atoms with Crippen molar-refractivity contribution in [3.63, 3.8) is 0 Å². The molecule has 0 aliphatic heterocycles. The summed E-state index contributed by atoms with van der Waals surface area (Å²) < 4.78 is 9.71. The number of hydrogen-bond donors (Lipinski definition) is 0. The van der Waals surface area contributed by atoms with E-state index in [2.05, 4.69) is 29.0 Å². The van der Waals surface area contributed by atoms with Crippen molar-refractivity contribution >= 4 is 0 Å². The van der Waals surface area contributed by atoms with Gasteiger partial charge < -0.3 is 9.47 Å². The molecular weight excluding hydrogens is 266 g/mol. The van der Waals surface area contributed by atoms with Crippen LogP contribution in [0.3, 0.4) is 0 Å². The molecule has 116 valence electrons. The topological polar surface area (TPSA) is 57.1 Å². The number of aromatic nitrogens is 3. The Balaban J connectivity index is 0.000000322. The molecule has 2 aromatic rings. The number of pyridine rings is 1. The van der Waals surface area contributed by atoms with Crippen molar-refractivity contribution in [2.75, 3.05) is 14.2 Å². The summed E-state index contributed by atoms with van der Waals surface area (Å²) in [7, 11) is 3.31. The lowest BCUT2D eigenvalue weighted by Gasteiger charge is -1.94. The van der Waals surface area contributed by atoms with E-state index in [0.717, 1.165) is 11.3 Å². The van der Waals surface area contributed by atoms with Gasteiger partial charge in [-0.25, -0.2) is 0 Å². The summed E-state index contributed by atoms with van der Waals surface area (Å²) in [6.45, 7) is 5.43. The van der Waals surface area contributed by atoms with Crippen LogP contribution in [-0.2, 0) is 22.7 Å². The maximum absolute atomic E-state index is 4.89. The fraction of sp³-hybridized carbons (Fsp3) is 0.438. The number of hydrogen-bond acceptors (Lipinski definition) is 5. The van der Waals surface area contributed by atoms with Crippen LogP contribution >= 0.6 is 0 Å². The third-order valence-electron chi connectivity index (χ3n) is 1.95. The third kappa shape index (κ3) is 11.7. The molecule has 2 rings (SSSR count). The lowest BCUT2D eigenvalue weighted by atomic mass is 10.3. The zero-order valence-corrected chi connectivity index (χ0v) is 13.3. The highest BCUT2D eigenvalue weighted by Gasteiger charge is 1.88. The van der Waals surface area contributed by atoms with E-state index in [1.54, 1.807) is 32.8 Å². The third-order valence-corrected chi connectivity index (χ3v) is 1.95. The average Bonchev–Trinajstić information content (AvgIpc) is 2.52. The summed E-state index contributed by atoms with van der Waals surface area (Å²) in [4.78, 5) is 3.92. The molecule has 2 heterocycles. The summed E-state index contributed by atoms with van der Waals surface area (Å²) in [6, 6.07) is 7.59. The van der Waals surface area contributed by atoms with E-state index >= 15 is 0 Å². The van der Waals surface area contributed by atoms with Gasteiger partial charge in [0.2, 0.25) is 0 Å². The minimum Gasteiger partial charge on any atom is -0.380 e. The Kier molecular flexibility index (Phi) is 13.3. The van der Waals surface area contributed by atoms with Crippen LogP contribution in [0.2, 0.25) is 0 Å². The van der Waals surface area contributed by atoms with Crippen LogP contribution in [0.1, 0.15) is 31.5 Å². The SMILES string of the molecule is CCC.COCc1cccnc1.COCc1cccnn1. The fourth-order valence-corrected chi connectivity index (χ4v) is 1.21. The molecule has 0 radical (unpaired) electrons. The van der Waals surface area contributed by atoms with Crippen molar-refractivity contribution in [1.29, 1.82) is 0 Å². The highest BCUT2D eigenvalue weighted by atomic mass is 16.5. The molecule has 21 heavy (non-hydrogen) atoms. The standard InChI is InChI=1S/C7H9NO.C6H8N2O.C3H8/c1-9-6-7-3-2-4-8-5-7;1-9-5-6-3-2-4-7-8-6;1-3-2/h2-5H,6H2,1H3;2-4H,5H2,1H3;3H2,1-2H3. The molecule has 5 nitrogen and oxygen atoms in total. The van der Waals surface area contributed by atoms with Crippen molar-refractivity contribution < 1.29 is 9.47 Å². The molecule has 0 bridgehead atoms. The van der Waals surface area contributed by atoms with Gasteiger partial charge in [-0.3, -0.25) is 4.98 Å². The van der Waals surface area contributed by atoms with Gasteiger partial charge in [0.15, 0.2) is 0 Å². The predicted octanol–water partition coefficient (Wildman–Crippen LogP) is 3.27. The quantitative estimate of drug-likeness (QED) is 0.865. The van der Waals surface area contributed by atoms with Crippen LogP contribution in [0.15, 0.2) is 42.9 Å². The predicted molar refractivity (Wildman–Crippen MR) is 83.7 cm³/mol. The molecule has 0 atom stereocenters. The Morgan fingerprint density at radius 3 is 2.10 bits per heavy atom. The van der Waals surface area contributed by atoms with E-state index in [9.17, 15) is 0 Å². The summed E-state index contributed by atoms with van der Waals surface area (Å²) in [5, 5.41) is 7.47. The zero-order chi connectivity index (χ0) is 15.8. The number of methoxy groups -OCH3 is 2. The van der Waals surface area contributed by atoms with Crippen molar-refractivity contribution in [2.45, 2.75) is 33.5 Å². The monoisotopic (exact) mass is 291 g/mol. The van der Waals surface area contributed by atoms with Crippen molar-refractivity contribution in [2.24, 2.45) is 0 Å². The van der Waals surface area contributed by atoms with Crippen molar-refractivity contribution in [3.05, 3.63) is 54.1 Å². The van der Waals surface area contributed by atoms with E-state index < -0.39 is 0 Å². The summed E-state index contributed by atoms with van der Waals surface area (Å²) in [5.74, 6) is 0. The van der Waals surface area contributed by atoms with Crippen LogP contribution in [-0.4, -0.2) is 29.4 Å². The molecular formula is C16H25N3O2. The van der Waals surface area contributed by atoms with E-state index in [-0.39, 0.29) is 0 Å². The molecule has 0 unspecified atom stereocenters. The van der Waals surface area contributed by atoms with E-state index in [1.807, 2.05) is 24.3 Å². The summed E-state index contributed by atoms with van der Waals surface area (Å²) >= 11 is 0. The normalized spacial score (nSPS) is 8.95. The Morgan fingerprint density at radius 2 is 1.62 bits per heavy atom. The molecule has 0 aliphatic rings. The molecule has 0 saturated carbocycles. The van der Waals surface area contributed by atoms with Gasteiger partial charge in [-0.1, -0.05) is 26.3 Å². The maximum Gasteiger partial charge on any atom is 0.0902 e. The van der Waals surface area contributed by atoms with Gasteiger partial charge in [0.25, 0.3) is 0 Å². The first kappa shape index (κ1) is 19.1. The van der Waals surface area contributed by atoms with Crippen molar-refractivity contribution in [3.8, 4) is 0 Å². The number of ether oxygens (including phenoxy) is 2. The molecule has 0 spiro atoms. The van der Waals surface area contributed by atoms with Crippen LogP contribution in [0, 0.1) is 0 Å². The van der Waals surface area contributed by atoms with Crippen LogP contribution in [0.4, 0.5) is 0 Å². The minimum atomic E-state index is 0.536. The van der Waals surface area contributed by atoms with Gasteiger partial charge in [-0.05, 0) is 23.8 Å². The second-order valence-electron chi connectivity index (χ2n) is 4.15. The second kappa shape index (κ2) is 14.6. The van der Waals surface area contributed by atoms with Crippen molar-refractivity contribution in [1.82, 2.24) is 15.2 Å². The first-order chi connectivity index (χ1) is 10.3. The zero-order valence-electron chi connectivity index (χ0n) is 13.3. The highest BCUT2D eigenvalue weighted by Crippen LogP contribution is 1.95. The van der Waals surface area contributed by atoms with E-state index in [1.165, 1.54) is 6.42 Å². The van der Waals surface area contributed by atoms with Gasteiger partial charge in [0.1, 0.15) is 0 Å². The molecule has 5 heteroatoms. The van der Waals surface area contributed by atoms with Gasteiger partial charge in [0.05, 0.1) is 18.9 Å². The lowest BCUT2D eigenvalue weighted by molar-refractivity contribution is 0.180. The van der Waals surface area contributed by atoms with Gasteiger partial charge >= 0.3 is 0 Å². The minimum absolute atomic E-state index is 0.536. The van der Waals surface area contributed by atoms with Crippen LogP contribution in [0.5, 0.6) is 0 Å². The van der Waals surface area contributed by atoms with E-state index in [0.29, 0.717) is 13.2 Å². The highest BCUT2D eigenvalue weighted by molar-refractivity contribution is 5.06. The molecule has 0 aromatic carbocycles. The molecule has 0 N–H and O–H groups in total. The summed E-state index contributed by atoms with van der Waals surface area (Å²) in [6.07, 6.45) is 6.43. The van der Waals surface area contributed by atoms with Gasteiger partial charge in [0, 0.05) is 32.8 Å². The Morgan fingerprint density at radius 1 is 0.952 bits per heavy atom. The van der Waals surface area contributed by atoms with Crippen LogP contribution < -0.4 is 0 Å². The maximum atomic E-state index is 4.89. The first-order valence-electron chi connectivity index (χ1n) is 6.91. The fourth-order valence-electron chi connectivity index (χ4n) is 1.21. The van der Waals surface area contributed by atoms with Gasteiger partial charge in [-0.15, -0.1) is 0 Å². The number of rotatable bonds is 4. The molecule has 0 aliphatic carbocycles. The molecule has 0 fully saturated rings. The lowest BCUT2D eigenvalue weighted by Crippen LogP contribution is -1.92. The largest absolute Gasteiger partial charge is 0.380 e. The Hall–Kier alpha value is -1.85. The first-order valence-corrected chi connectivity index (χ1v) is 6.91. The molecule has 0 saturated heterocycles. The Labute approximate surface area is 127 Å². The smallest absolute Gasteiger partial charge is 0.0902 e. The number of nitrogens with zero attached hydrogens (tertiary/aromatic N) is 3. The Bertz CT molecular complexity index is 383. The molecule has 0 amide bonds. The second-order valence-corrected chi connectivity index (χ2v) is 4.15.